The van der Waals surface area contributed by atoms with E-state index in [-0.39, 0.29) is 5.82 Å². The van der Waals surface area contributed by atoms with Crippen LogP contribution in [0.3, 0.4) is 0 Å². The molecule has 1 aromatic rings. The van der Waals surface area contributed by atoms with Gasteiger partial charge in [0, 0.05) is 0 Å². The van der Waals surface area contributed by atoms with Crippen molar-refractivity contribution in [3.05, 3.63) is 35.6 Å². The van der Waals surface area contributed by atoms with E-state index in [4.69, 9.17) is 10.8 Å². The number of aryl methyl sites for hydroxylation is 1. The molecule has 0 heterocycles. The Labute approximate surface area is 94.1 Å². The molecule has 0 spiro atoms. The predicted octanol–water partition coefficient (Wildman–Crippen LogP) is 1.95. The Hall–Kier alpha value is -1.42. The SMILES string of the molecule is NC(CCCCc1ccccc1F)C(=O)O. The number of hydrogen-bond donors (Lipinski definition) is 2. The van der Waals surface area contributed by atoms with Crippen LogP contribution in [0.15, 0.2) is 24.3 Å². The maximum absolute atomic E-state index is 13.2. The van der Waals surface area contributed by atoms with Gasteiger partial charge in [0.15, 0.2) is 0 Å². The second-order valence-corrected chi connectivity index (χ2v) is 3.78. The molecule has 1 aromatic carbocycles. The Bertz CT molecular complexity index is 355. The van der Waals surface area contributed by atoms with Gasteiger partial charge in [0.25, 0.3) is 0 Å². The van der Waals surface area contributed by atoms with Gasteiger partial charge in [0.2, 0.25) is 0 Å². The lowest BCUT2D eigenvalue weighted by molar-refractivity contribution is -0.138. The molecule has 0 saturated heterocycles. The van der Waals surface area contributed by atoms with Crippen molar-refractivity contribution < 1.29 is 14.3 Å². The zero-order chi connectivity index (χ0) is 12.0. The third kappa shape index (κ3) is 3.98. The minimum absolute atomic E-state index is 0.204. The van der Waals surface area contributed by atoms with Gasteiger partial charge in [-0.15, -0.1) is 0 Å². The Morgan fingerprint density at radius 3 is 2.69 bits per heavy atom. The summed E-state index contributed by atoms with van der Waals surface area (Å²) in [6.45, 7) is 0. The first-order chi connectivity index (χ1) is 7.61. The number of nitrogens with two attached hydrogens (primary N) is 1. The van der Waals surface area contributed by atoms with Crippen molar-refractivity contribution in [2.75, 3.05) is 0 Å². The standard InChI is InChI=1S/C12H16FNO2/c13-10-7-3-1-5-9(10)6-2-4-8-11(14)12(15)16/h1,3,5,7,11H,2,4,6,8,14H2,(H,15,16). The molecule has 3 nitrogen and oxygen atoms in total. The van der Waals surface area contributed by atoms with Crippen molar-refractivity contribution >= 4 is 5.97 Å². The average molecular weight is 225 g/mol. The summed E-state index contributed by atoms with van der Waals surface area (Å²) < 4.78 is 13.2. The Morgan fingerprint density at radius 1 is 1.38 bits per heavy atom. The van der Waals surface area contributed by atoms with E-state index >= 15 is 0 Å². The lowest BCUT2D eigenvalue weighted by atomic mass is 10.0. The van der Waals surface area contributed by atoms with Gasteiger partial charge in [0.1, 0.15) is 11.9 Å². The summed E-state index contributed by atoms with van der Waals surface area (Å²) in [6, 6.07) is 5.81. The van der Waals surface area contributed by atoms with Gasteiger partial charge in [-0.05, 0) is 30.9 Å². The molecule has 16 heavy (non-hydrogen) atoms. The van der Waals surface area contributed by atoms with Crippen molar-refractivity contribution in [2.45, 2.75) is 31.7 Å². The van der Waals surface area contributed by atoms with Crippen LogP contribution >= 0.6 is 0 Å². The number of aliphatic carboxylic acids is 1. The van der Waals surface area contributed by atoms with E-state index in [9.17, 15) is 9.18 Å². The van der Waals surface area contributed by atoms with Crippen LogP contribution in [0.25, 0.3) is 0 Å². The summed E-state index contributed by atoms with van der Waals surface area (Å²) >= 11 is 0. The van der Waals surface area contributed by atoms with Crippen LogP contribution < -0.4 is 5.73 Å². The van der Waals surface area contributed by atoms with Crippen LogP contribution in [0, 0.1) is 5.82 Å². The molecule has 0 fully saturated rings. The number of benzene rings is 1. The number of hydrogen-bond acceptors (Lipinski definition) is 2. The number of halogens is 1. The molecule has 4 heteroatoms. The Balaban J connectivity index is 2.26. The maximum Gasteiger partial charge on any atom is 0.320 e. The number of carbonyl (C=O) groups is 1. The number of unbranched alkanes of at least 4 members (excludes halogenated alkanes) is 1. The highest BCUT2D eigenvalue weighted by atomic mass is 19.1. The first-order valence-corrected chi connectivity index (χ1v) is 5.33. The number of rotatable bonds is 6. The molecule has 0 radical (unpaired) electrons. The van der Waals surface area contributed by atoms with E-state index in [0.29, 0.717) is 24.8 Å². The smallest absolute Gasteiger partial charge is 0.320 e. The number of carboxylic acids is 1. The molecule has 0 bridgehead atoms. The second kappa shape index (κ2) is 6.23. The minimum atomic E-state index is -0.981. The molecule has 1 unspecified atom stereocenters. The van der Waals surface area contributed by atoms with E-state index in [1.807, 2.05) is 0 Å². The first-order valence-electron chi connectivity index (χ1n) is 5.33. The summed E-state index contributed by atoms with van der Waals surface area (Å²) in [5, 5.41) is 8.56. The number of carboxylic acid groups (broad SMARTS) is 1. The molecular weight excluding hydrogens is 209 g/mol. The zero-order valence-corrected chi connectivity index (χ0v) is 9.03. The first kappa shape index (κ1) is 12.6. The molecule has 1 rings (SSSR count). The third-order valence-corrected chi connectivity index (χ3v) is 2.49. The summed E-state index contributed by atoms with van der Waals surface area (Å²) in [6.07, 6.45) is 2.51. The third-order valence-electron chi connectivity index (χ3n) is 2.49. The summed E-state index contributed by atoms with van der Waals surface area (Å²) in [5.74, 6) is -1.18. The van der Waals surface area contributed by atoms with Gasteiger partial charge >= 0.3 is 5.97 Å². The Morgan fingerprint density at radius 2 is 2.06 bits per heavy atom. The van der Waals surface area contributed by atoms with Gasteiger partial charge in [-0.1, -0.05) is 24.6 Å². The van der Waals surface area contributed by atoms with E-state index in [2.05, 4.69) is 0 Å². The van der Waals surface area contributed by atoms with Crippen LogP contribution in [0.2, 0.25) is 0 Å². The predicted molar refractivity (Wildman–Crippen MR) is 59.6 cm³/mol. The van der Waals surface area contributed by atoms with Gasteiger partial charge in [-0.2, -0.15) is 0 Å². The van der Waals surface area contributed by atoms with Gasteiger partial charge in [0.05, 0.1) is 0 Å². The minimum Gasteiger partial charge on any atom is -0.480 e. The maximum atomic E-state index is 13.2. The van der Waals surface area contributed by atoms with E-state index in [1.54, 1.807) is 18.2 Å². The van der Waals surface area contributed by atoms with Crippen LogP contribution in [-0.4, -0.2) is 17.1 Å². The van der Waals surface area contributed by atoms with Gasteiger partial charge in [-0.25, -0.2) is 4.39 Å². The zero-order valence-electron chi connectivity index (χ0n) is 9.03. The molecule has 3 N–H and O–H groups in total. The van der Waals surface area contributed by atoms with E-state index < -0.39 is 12.0 Å². The highest BCUT2D eigenvalue weighted by Crippen LogP contribution is 2.11. The molecule has 88 valence electrons. The summed E-state index contributed by atoms with van der Waals surface area (Å²) in [4.78, 5) is 10.4. The van der Waals surface area contributed by atoms with Crippen LogP contribution in [-0.2, 0) is 11.2 Å². The van der Waals surface area contributed by atoms with E-state index in [1.165, 1.54) is 6.07 Å². The Kier molecular flexibility index (Phi) is 4.92. The molecule has 0 aliphatic heterocycles. The molecule has 0 amide bonds. The normalized spacial score (nSPS) is 12.4. The monoisotopic (exact) mass is 225 g/mol. The molecule has 0 aliphatic carbocycles. The topological polar surface area (TPSA) is 63.3 Å². The summed E-state index contributed by atoms with van der Waals surface area (Å²) in [7, 11) is 0. The highest BCUT2D eigenvalue weighted by molar-refractivity contribution is 5.72. The van der Waals surface area contributed by atoms with Crippen LogP contribution in [0.4, 0.5) is 4.39 Å². The van der Waals surface area contributed by atoms with E-state index in [0.717, 1.165) is 6.42 Å². The van der Waals surface area contributed by atoms with Gasteiger partial charge in [-0.3, -0.25) is 4.79 Å². The van der Waals surface area contributed by atoms with Crippen molar-refractivity contribution in [3.63, 3.8) is 0 Å². The molecule has 1 atom stereocenters. The van der Waals surface area contributed by atoms with Crippen molar-refractivity contribution in [1.82, 2.24) is 0 Å². The molecule has 0 aromatic heterocycles. The fourth-order valence-electron chi connectivity index (χ4n) is 1.50. The quantitative estimate of drug-likeness (QED) is 0.727. The van der Waals surface area contributed by atoms with Crippen LogP contribution in [0.1, 0.15) is 24.8 Å². The highest BCUT2D eigenvalue weighted by Gasteiger charge is 2.10. The fourth-order valence-corrected chi connectivity index (χ4v) is 1.50. The van der Waals surface area contributed by atoms with Crippen molar-refractivity contribution in [3.8, 4) is 0 Å². The van der Waals surface area contributed by atoms with Gasteiger partial charge < -0.3 is 10.8 Å². The lowest BCUT2D eigenvalue weighted by Gasteiger charge is -2.06. The molecule has 0 aliphatic rings. The summed E-state index contributed by atoms with van der Waals surface area (Å²) in [5.41, 5.74) is 6.02. The average Bonchev–Trinajstić information content (AvgIpc) is 2.26. The van der Waals surface area contributed by atoms with Crippen molar-refractivity contribution in [1.29, 1.82) is 0 Å². The lowest BCUT2D eigenvalue weighted by Crippen LogP contribution is -2.29. The van der Waals surface area contributed by atoms with Crippen molar-refractivity contribution in [2.24, 2.45) is 5.73 Å². The fraction of sp³-hybridized carbons (Fsp3) is 0.417. The second-order valence-electron chi connectivity index (χ2n) is 3.78. The molecular formula is C12H16FNO2. The molecule has 0 saturated carbocycles. The largest absolute Gasteiger partial charge is 0.480 e. The van der Waals surface area contributed by atoms with Crippen LogP contribution in [0.5, 0.6) is 0 Å².